The Morgan fingerprint density at radius 1 is 1.67 bits per heavy atom. The Morgan fingerprint density at radius 2 is 2.44 bits per heavy atom. The van der Waals surface area contributed by atoms with Crippen molar-refractivity contribution >= 4 is 0 Å². The highest BCUT2D eigenvalue weighted by molar-refractivity contribution is 5.21. The molecule has 2 heteroatoms. The van der Waals surface area contributed by atoms with Crippen molar-refractivity contribution in [2.45, 2.75) is 12.8 Å². The van der Waals surface area contributed by atoms with Gasteiger partial charge < -0.3 is 10.5 Å². The second-order valence-electron chi connectivity index (χ2n) is 2.07. The predicted octanol–water partition coefficient (Wildman–Crippen LogP) is 1.15. The highest BCUT2D eigenvalue weighted by Gasteiger charge is 1.99. The molecule has 2 N–H and O–H groups in total. The summed E-state index contributed by atoms with van der Waals surface area (Å²) in [5.41, 5.74) is 6.45. The van der Waals surface area contributed by atoms with Gasteiger partial charge in [-0.3, -0.25) is 0 Å². The average Bonchev–Trinajstić information content (AvgIpc) is 1.88. The lowest BCUT2D eigenvalue weighted by Crippen LogP contribution is -2.01. The van der Waals surface area contributed by atoms with Crippen molar-refractivity contribution in [1.29, 1.82) is 0 Å². The molecule has 0 radical (unpaired) electrons. The summed E-state index contributed by atoms with van der Waals surface area (Å²) < 4.78 is 4.97. The summed E-state index contributed by atoms with van der Waals surface area (Å²) in [7, 11) is 1.65. The highest BCUT2D eigenvalue weighted by Crippen LogP contribution is 2.12. The van der Waals surface area contributed by atoms with Gasteiger partial charge in [-0.1, -0.05) is 0 Å². The van der Waals surface area contributed by atoms with Crippen LogP contribution in [0, 0.1) is 0 Å². The Labute approximate surface area is 55.0 Å². The van der Waals surface area contributed by atoms with E-state index >= 15 is 0 Å². The fourth-order valence-corrected chi connectivity index (χ4v) is 0.837. The van der Waals surface area contributed by atoms with Gasteiger partial charge in [-0.15, -0.1) is 0 Å². The molecule has 0 unspecified atom stereocenters. The van der Waals surface area contributed by atoms with Gasteiger partial charge in [0.15, 0.2) is 0 Å². The first-order chi connectivity index (χ1) is 4.33. The Morgan fingerprint density at radius 3 is 2.89 bits per heavy atom. The number of rotatable bonds is 1. The molecule has 0 saturated heterocycles. The maximum Gasteiger partial charge on any atom is 0.116 e. The normalized spacial score (nSPS) is 18.3. The third kappa shape index (κ3) is 1.49. The number of ether oxygens (including phenoxy) is 1. The van der Waals surface area contributed by atoms with Crippen molar-refractivity contribution in [3.63, 3.8) is 0 Å². The minimum atomic E-state index is 0.888. The van der Waals surface area contributed by atoms with Gasteiger partial charge in [0.2, 0.25) is 0 Å². The molecule has 0 atom stereocenters. The SMILES string of the molecule is COC1=CCCC(N)=C1. The molecule has 0 bridgehead atoms. The summed E-state index contributed by atoms with van der Waals surface area (Å²) in [6.07, 6.45) is 5.87. The molecule has 0 spiro atoms. The van der Waals surface area contributed by atoms with Crippen LogP contribution in [-0.2, 0) is 4.74 Å². The van der Waals surface area contributed by atoms with Gasteiger partial charge in [-0.05, 0) is 25.0 Å². The lowest BCUT2D eigenvalue weighted by Gasteiger charge is -2.07. The monoisotopic (exact) mass is 125 g/mol. The lowest BCUT2D eigenvalue weighted by atomic mass is 10.1. The number of methoxy groups -OCH3 is 1. The highest BCUT2D eigenvalue weighted by atomic mass is 16.5. The van der Waals surface area contributed by atoms with E-state index in [2.05, 4.69) is 0 Å². The van der Waals surface area contributed by atoms with Crippen LogP contribution in [0.5, 0.6) is 0 Å². The van der Waals surface area contributed by atoms with Gasteiger partial charge in [0.05, 0.1) is 7.11 Å². The van der Waals surface area contributed by atoms with Crippen molar-refractivity contribution < 1.29 is 4.74 Å². The molecule has 0 saturated carbocycles. The molecule has 0 aromatic rings. The Balaban J connectivity index is 2.63. The summed E-state index contributed by atoms with van der Waals surface area (Å²) in [5.74, 6) is 0.888. The zero-order chi connectivity index (χ0) is 6.69. The molecule has 50 valence electrons. The van der Waals surface area contributed by atoms with E-state index in [1.165, 1.54) is 0 Å². The Bertz CT molecular complexity index is 158. The second-order valence-corrected chi connectivity index (χ2v) is 2.07. The van der Waals surface area contributed by atoms with Gasteiger partial charge in [0.25, 0.3) is 0 Å². The van der Waals surface area contributed by atoms with E-state index < -0.39 is 0 Å². The molecular formula is C7H11NO. The van der Waals surface area contributed by atoms with E-state index in [1.807, 2.05) is 12.2 Å². The fraction of sp³-hybridized carbons (Fsp3) is 0.429. The van der Waals surface area contributed by atoms with Gasteiger partial charge in [-0.25, -0.2) is 0 Å². The first-order valence-corrected chi connectivity index (χ1v) is 3.03. The van der Waals surface area contributed by atoms with Crippen LogP contribution in [0.3, 0.4) is 0 Å². The van der Waals surface area contributed by atoms with Crippen LogP contribution in [0.25, 0.3) is 0 Å². The minimum absolute atomic E-state index is 0.888. The minimum Gasteiger partial charge on any atom is -0.497 e. The third-order valence-electron chi connectivity index (χ3n) is 1.34. The van der Waals surface area contributed by atoms with E-state index in [0.29, 0.717) is 0 Å². The molecule has 0 amide bonds. The van der Waals surface area contributed by atoms with Crippen LogP contribution in [0.1, 0.15) is 12.8 Å². The van der Waals surface area contributed by atoms with Crippen LogP contribution < -0.4 is 5.73 Å². The largest absolute Gasteiger partial charge is 0.497 e. The molecule has 9 heavy (non-hydrogen) atoms. The second kappa shape index (κ2) is 2.58. The van der Waals surface area contributed by atoms with Crippen LogP contribution in [0.2, 0.25) is 0 Å². The van der Waals surface area contributed by atoms with E-state index in [-0.39, 0.29) is 0 Å². The first kappa shape index (κ1) is 6.20. The molecular weight excluding hydrogens is 114 g/mol. The van der Waals surface area contributed by atoms with Gasteiger partial charge in [0.1, 0.15) is 5.76 Å². The first-order valence-electron chi connectivity index (χ1n) is 3.03. The van der Waals surface area contributed by atoms with Crippen LogP contribution in [-0.4, -0.2) is 7.11 Å². The molecule has 1 aliphatic rings. The quantitative estimate of drug-likeness (QED) is 0.570. The lowest BCUT2D eigenvalue weighted by molar-refractivity contribution is 0.302. The number of hydrogen-bond acceptors (Lipinski definition) is 2. The van der Waals surface area contributed by atoms with E-state index in [9.17, 15) is 0 Å². The summed E-state index contributed by atoms with van der Waals surface area (Å²) in [5, 5.41) is 0. The van der Waals surface area contributed by atoms with Crippen LogP contribution in [0.15, 0.2) is 23.6 Å². The molecule has 0 heterocycles. The van der Waals surface area contributed by atoms with Gasteiger partial charge in [-0.2, -0.15) is 0 Å². The summed E-state index contributed by atoms with van der Waals surface area (Å²) in [6.45, 7) is 0. The molecule has 0 aromatic carbocycles. The van der Waals surface area contributed by atoms with Crippen molar-refractivity contribution in [3.05, 3.63) is 23.6 Å². The maximum atomic E-state index is 5.54. The Hall–Kier alpha value is -0.920. The van der Waals surface area contributed by atoms with Crippen molar-refractivity contribution in [1.82, 2.24) is 0 Å². The molecule has 1 aliphatic carbocycles. The zero-order valence-electron chi connectivity index (χ0n) is 5.55. The van der Waals surface area contributed by atoms with E-state index in [4.69, 9.17) is 10.5 Å². The van der Waals surface area contributed by atoms with Crippen molar-refractivity contribution in [3.8, 4) is 0 Å². The van der Waals surface area contributed by atoms with Crippen LogP contribution >= 0.6 is 0 Å². The number of nitrogens with two attached hydrogens (primary N) is 1. The zero-order valence-corrected chi connectivity index (χ0v) is 5.55. The van der Waals surface area contributed by atoms with E-state index in [0.717, 1.165) is 24.3 Å². The average molecular weight is 125 g/mol. The maximum absolute atomic E-state index is 5.54. The third-order valence-corrected chi connectivity index (χ3v) is 1.34. The Kier molecular flexibility index (Phi) is 1.78. The van der Waals surface area contributed by atoms with E-state index in [1.54, 1.807) is 7.11 Å². The molecule has 0 fully saturated rings. The van der Waals surface area contributed by atoms with Gasteiger partial charge >= 0.3 is 0 Å². The predicted molar refractivity (Wildman–Crippen MR) is 36.6 cm³/mol. The topological polar surface area (TPSA) is 35.2 Å². The number of hydrogen-bond donors (Lipinski definition) is 1. The molecule has 0 aliphatic heterocycles. The smallest absolute Gasteiger partial charge is 0.116 e. The number of allylic oxidation sites excluding steroid dienone is 3. The van der Waals surface area contributed by atoms with Crippen molar-refractivity contribution in [2.75, 3.05) is 7.11 Å². The summed E-state index contributed by atoms with van der Waals surface area (Å²) in [6, 6.07) is 0. The standard InChI is InChI=1S/C7H11NO/c1-9-7-4-2-3-6(8)5-7/h4-5H,2-3,8H2,1H3. The summed E-state index contributed by atoms with van der Waals surface area (Å²) in [4.78, 5) is 0. The molecule has 2 nitrogen and oxygen atoms in total. The van der Waals surface area contributed by atoms with Crippen LogP contribution in [0.4, 0.5) is 0 Å². The van der Waals surface area contributed by atoms with Gasteiger partial charge in [0, 0.05) is 5.70 Å². The molecule has 0 aromatic heterocycles. The fourth-order valence-electron chi connectivity index (χ4n) is 0.837. The van der Waals surface area contributed by atoms with Crippen molar-refractivity contribution in [2.24, 2.45) is 5.73 Å². The molecule has 1 rings (SSSR count). The summed E-state index contributed by atoms with van der Waals surface area (Å²) >= 11 is 0.